The van der Waals surface area contributed by atoms with Gasteiger partial charge in [0.1, 0.15) is 12.0 Å². The SMILES string of the molecule is C=CC(=CC=C(C)C)c1ncnc(Nc2ccc(CN)c(Cl)c2)c1O. The van der Waals surface area contributed by atoms with E-state index >= 15 is 0 Å². The molecule has 0 aliphatic heterocycles. The summed E-state index contributed by atoms with van der Waals surface area (Å²) in [7, 11) is 0. The van der Waals surface area contributed by atoms with Crippen LogP contribution in [0.3, 0.4) is 0 Å². The highest BCUT2D eigenvalue weighted by Gasteiger charge is 2.13. The molecular weight excluding hydrogens is 336 g/mol. The van der Waals surface area contributed by atoms with Gasteiger partial charge >= 0.3 is 0 Å². The molecule has 0 unspecified atom stereocenters. The molecule has 1 aromatic carbocycles. The second kappa shape index (κ2) is 8.46. The smallest absolute Gasteiger partial charge is 0.185 e. The minimum Gasteiger partial charge on any atom is -0.503 e. The summed E-state index contributed by atoms with van der Waals surface area (Å²) < 4.78 is 0. The molecule has 0 amide bonds. The lowest BCUT2D eigenvalue weighted by atomic mass is 10.1. The van der Waals surface area contributed by atoms with Crippen molar-refractivity contribution in [2.75, 3.05) is 5.32 Å². The van der Waals surface area contributed by atoms with Crippen molar-refractivity contribution in [3.63, 3.8) is 0 Å². The molecule has 1 heterocycles. The average molecular weight is 357 g/mol. The molecule has 1 aromatic heterocycles. The Morgan fingerprint density at radius 1 is 1.32 bits per heavy atom. The van der Waals surface area contributed by atoms with Crippen molar-refractivity contribution < 1.29 is 5.11 Å². The Morgan fingerprint density at radius 2 is 2.08 bits per heavy atom. The summed E-state index contributed by atoms with van der Waals surface area (Å²) in [5, 5.41) is 14.1. The van der Waals surface area contributed by atoms with E-state index in [2.05, 4.69) is 21.9 Å². The van der Waals surface area contributed by atoms with Gasteiger partial charge in [-0.05, 0) is 31.5 Å². The first-order valence-corrected chi connectivity index (χ1v) is 8.11. The Hall–Kier alpha value is -2.63. The molecule has 0 saturated heterocycles. The summed E-state index contributed by atoms with van der Waals surface area (Å²) in [6.07, 6.45) is 6.79. The molecule has 0 aliphatic rings. The standard InChI is InChI=1S/C19H21ClN4O/c1-4-13(6-5-12(2)3)17-18(25)19(23-11-22-17)24-15-8-7-14(10-21)16(20)9-15/h4-9,11,25H,1,10,21H2,2-3H3,(H,22,23,24). The molecule has 0 atom stereocenters. The Balaban J connectivity index is 2.38. The Kier molecular flexibility index (Phi) is 6.33. The van der Waals surface area contributed by atoms with E-state index < -0.39 is 0 Å². The van der Waals surface area contributed by atoms with Crippen LogP contribution in [0.25, 0.3) is 5.57 Å². The van der Waals surface area contributed by atoms with Gasteiger partial charge in [-0.3, -0.25) is 0 Å². The molecule has 0 aliphatic carbocycles. The quantitative estimate of drug-likeness (QED) is 0.660. The molecule has 130 valence electrons. The second-order valence-corrected chi connectivity index (χ2v) is 6.03. The molecular formula is C19H21ClN4O. The molecule has 25 heavy (non-hydrogen) atoms. The monoisotopic (exact) mass is 356 g/mol. The van der Waals surface area contributed by atoms with Gasteiger partial charge in [0, 0.05) is 22.8 Å². The van der Waals surface area contributed by atoms with Crippen molar-refractivity contribution in [3.05, 3.63) is 71.2 Å². The largest absolute Gasteiger partial charge is 0.503 e. The first kappa shape index (κ1) is 18.7. The van der Waals surface area contributed by atoms with Gasteiger partial charge in [0.05, 0.1) is 0 Å². The normalized spacial score (nSPS) is 11.1. The summed E-state index contributed by atoms with van der Waals surface area (Å²) in [5.74, 6) is 0.223. The van der Waals surface area contributed by atoms with Gasteiger partial charge in [-0.1, -0.05) is 48.0 Å². The van der Waals surface area contributed by atoms with E-state index in [0.29, 0.717) is 28.5 Å². The third kappa shape index (κ3) is 4.68. The Bertz CT molecular complexity index is 839. The molecule has 6 heteroatoms. The lowest BCUT2D eigenvalue weighted by Crippen LogP contribution is -2.00. The molecule has 0 spiro atoms. The van der Waals surface area contributed by atoms with E-state index in [4.69, 9.17) is 17.3 Å². The number of halogens is 1. The molecule has 0 bridgehead atoms. The predicted octanol–water partition coefficient (Wildman–Crippen LogP) is 4.57. The lowest BCUT2D eigenvalue weighted by Gasteiger charge is -2.11. The molecule has 0 saturated carbocycles. The summed E-state index contributed by atoms with van der Waals surface area (Å²) >= 11 is 6.17. The molecule has 5 nitrogen and oxygen atoms in total. The van der Waals surface area contributed by atoms with Gasteiger partial charge in [0.2, 0.25) is 0 Å². The number of anilines is 2. The minimum atomic E-state index is -0.0603. The summed E-state index contributed by atoms with van der Waals surface area (Å²) in [6.45, 7) is 8.11. The second-order valence-electron chi connectivity index (χ2n) is 5.62. The number of allylic oxidation sites excluding steroid dienone is 5. The number of aromatic nitrogens is 2. The fraction of sp³-hybridized carbons (Fsp3) is 0.158. The van der Waals surface area contributed by atoms with Crippen LogP contribution in [0, 0.1) is 0 Å². The van der Waals surface area contributed by atoms with Crippen LogP contribution in [0.15, 0.2) is 54.9 Å². The summed E-state index contributed by atoms with van der Waals surface area (Å²) in [5.41, 5.74) is 9.36. The van der Waals surface area contributed by atoms with Gasteiger partial charge < -0.3 is 16.2 Å². The van der Waals surface area contributed by atoms with Crippen LogP contribution in [0.1, 0.15) is 25.1 Å². The van der Waals surface area contributed by atoms with Crippen molar-refractivity contribution in [2.45, 2.75) is 20.4 Å². The fourth-order valence-corrected chi connectivity index (χ4v) is 2.37. The number of rotatable bonds is 6. The van der Waals surface area contributed by atoms with Crippen molar-refractivity contribution >= 4 is 28.7 Å². The van der Waals surface area contributed by atoms with Gasteiger partial charge in [0.25, 0.3) is 0 Å². The number of benzene rings is 1. The molecule has 4 N–H and O–H groups in total. The average Bonchev–Trinajstić information content (AvgIpc) is 2.58. The third-order valence-corrected chi connectivity index (χ3v) is 3.80. The zero-order valence-electron chi connectivity index (χ0n) is 14.3. The van der Waals surface area contributed by atoms with Gasteiger partial charge in [0.15, 0.2) is 11.6 Å². The molecule has 0 fully saturated rings. The molecule has 0 radical (unpaired) electrons. The topological polar surface area (TPSA) is 84.1 Å². The van der Waals surface area contributed by atoms with Crippen LogP contribution in [0.5, 0.6) is 5.75 Å². The number of aromatic hydroxyl groups is 1. The van der Waals surface area contributed by atoms with Crippen molar-refractivity contribution in [2.24, 2.45) is 5.73 Å². The Morgan fingerprint density at radius 3 is 2.68 bits per heavy atom. The maximum absolute atomic E-state index is 10.5. The fourth-order valence-electron chi connectivity index (χ4n) is 2.11. The van der Waals surface area contributed by atoms with Crippen molar-refractivity contribution in [3.8, 4) is 5.75 Å². The van der Waals surface area contributed by atoms with Crippen molar-refractivity contribution in [1.29, 1.82) is 0 Å². The maximum Gasteiger partial charge on any atom is 0.185 e. The van der Waals surface area contributed by atoms with Crippen molar-refractivity contribution in [1.82, 2.24) is 9.97 Å². The van der Waals surface area contributed by atoms with E-state index in [1.54, 1.807) is 12.1 Å². The van der Waals surface area contributed by atoms with E-state index in [1.165, 1.54) is 6.33 Å². The first-order chi connectivity index (χ1) is 12.0. The number of nitrogens with zero attached hydrogens (tertiary/aromatic N) is 2. The molecule has 2 aromatic rings. The first-order valence-electron chi connectivity index (χ1n) is 7.73. The Labute approximate surface area is 152 Å². The lowest BCUT2D eigenvalue weighted by molar-refractivity contribution is 0.470. The van der Waals surface area contributed by atoms with E-state index in [-0.39, 0.29) is 11.6 Å². The third-order valence-electron chi connectivity index (χ3n) is 3.45. The number of hydrogen-bond acceptors (Lipinski definition) is 5. The summed E-state index contributed by atoms with van der Waals surface area (Å²) in [4.78, 5) is 8.26. The van der Waals surface area contributed by atoms with Crippen LogP contribution in [0.2, 0.25) is 5.02 Å². The van der Waals surface area contributed by atoms with E-state index in [1.807, 2.05) is 38.1 Å². The van der Waals surface area contributed by atoms with Crippen LogP contribution in [-0.2, 0) is 6.54 Å². The highest BCUT2D eigenvalue weighted by atomic mass is 35.5. The predicted molar refractivity (Wildman–Crippen MR) is 104 cm³/mol. The zero-order valence-corrected chi connectivity index (χ0v) is 15.0. The van der Waals surface area contributed by atoms with Crippen LogP contribution in [-0.4, -0.2) is 15.1 Å². The number of nitrogens with one attached hydrogen (secondary N) is 1. The summed E-state index contributed by atoms with van der Waals surface area (Å²) in [6, 6.07) is 5.38. The van der Waals surface area contributed by atoms with Crippen LogP contribution in [0.4, 0.5) is 11.5 Å². The minimum absolute atomic E-state index is 0.0603. The number of nitrogens with two attached hydrogens (primary N) is 1. The van der Waals surface area contributed by atoms with E-state index in [0.717, 1.165) is 11.1 Å². The van der Waals surface area contributed by atoms with Gasteiger partial charge in [-0.25, -0.2) is 9.97 Å². The zero-order chi connectivity index (χ0) is 18.4. The highest BCUT2D eigenvalue weighted by Crippen LogP contribution is 2.32. The number of hydrogen-bond donors (Lipinski definition) is 3. The van der Waals surface area contributed by atoms with Gasteiger partial charge in [-0.2, -0.15) is 0 Å². The molecule has 2 rings (SSSR count). The van der Waals surface area contributed by atoms with Crippen LogP contribution < -0.4 is 11.1 Å². The van der Waals surface area contributed by atoms with E-state index in [9.17, 15) is 5.11 Å². The van der Waals surface area contributed by atoms with Gasteiger partial charge in [-0.15, -0.1) is 0 Å². The van der Waals surface area contributed by atoms with Crippen LogP contribution >= 0.6 is 11.6 Å². The highest BCUT2D eigenvalue weighted by molar-refractivity contribution is 6.31. The maximum atomic E-state index is 10.5.